The minimum Gasteiger partial charge on any atom is -0.379 e. The second-order valence-corrected chi connectivity index (χ2v) is 8.22. The zero-order valence-electron chi connectivity index (χ0n) is 20.3. The average molecular weight is 566 g/mol. The largest absolute Gasteiger partial charge is 0.379 e. The topological polar surface area (TPSA) is 52.1 Å². The summed E-state index contributed by atoms with van der Waals surface area (Å²) < 4.78 is 5.48. The predicted octanol–water partition coefficient (Wildman–Crippen LogP) is 3.84. The lowest BCUT2D eigenvalue weighted by Gasteiger charge is -2.27. The van der Waals surface area contributed by atoms with Crippen molar-refractivity contribution in [2.75, 3.05) is 46.4 Å². The summed E-state index contributed by atoms with van der Waals surface area (Å²) in [6.45, 7) is 13.7. The molecule has 182 valence electrons. The van der Waals surface area contributed by atoms with Crippen molar-refractivity contribution < 1.29 is 4.74 Å². The molecule has 7 heteroatoms. The Morgan fingerprint density at radius 3 is 2.30 bits per heavy atom. The van der Waals surface area contributed by atoms with E-state index in [2.05, 4.69) is 87.8 Å². The third-order valence-corrected chi connectivity index (χ3v) is 6.04. The van der Waals surface area contributed by atoms with Crippen LogP contribution in [0.2, 0.25) is 0 Å². The molecule has 0 spiro atoms. The molecule has 1 fully saturated rings. The maximum absolute atomic E-state index is 5.48. The lowest BCUT2D eigenvalue weighted by Crippen LogP contribution is -2.37. The number of nitrogens with one attached hydrogen (secondary N) is 2. The fraction of sp³-hybridized carbons (Fsp3) is 0.500. The van der Waals surface area contributed by atoms with Crippen LogP contribution in [0, 0.1) is 0 Å². The Bertz CT molecular complexity index is 850. The molecule has 0 aromatic heterocycles. The van der Waals surface area contributed by atoms with E-state index in [1.165, 1.54) is 22.3 Å². The van der Waals surface area contributed by atoms with Crippen LogP contribution in [0.3, 0.4) is 0 Å². The highest BCUT2D eigenvalue weighted by atomic mass is 127. The van der Waals surface area contributed by atoms with Crippen molar-refractivity contribution in [3.63, 3.8) is 0 Å². The Hall–Kier alpha value is -1.68. The van der Waals surface area contributed by atoms with Crippen molar-refractivity contribution in [2.45, 2.75) is 40.0 Å². The van der Waals surface area contributed by atoms with Crippen molar-refractivity contribution in [3.05, 3.63) is 70.8 Å². The second kappa shape index (κ2) is 15.3. The Morgan fingerprint density at radius 1 is 0.939 bits per heavy atom. The first-order chi connectivity index (χ1) is 15.7. The van der Waals surface area contributed by atoms with Crippen LogP contribution in [0.25, 0.3) is 0 Å². The molecule has 0 radical (unpaired) electrons. The van der Waals surface area contributed by atoms with Gasteiger partial charge in [-0.05, 0) is 35.3 Å². The van der Waals surface area contributed by atoms with Gasteiger partial charge in [0.2, 0.25) is 0 Å². The van der Waals surface area contributed by atoms with Gasteiger partial charge >= 0.3 is 0 Å². The SMILES string of the molecule is CCN(CC)Cc1cccc(CNC(=NC)NCc2ccccc2CN2CCOCC2)c1.I. The van der Waals surface area contributed by atoms with Crippen molar-refractivity contribution >= 4 is 29.9 Å². The molecular weight excluding hydrogens is 525 g/mol. The number of hydrogen-bond acceptors (Lipinski definition) is 4. The first-order valence-corrected chi connectivity index (χ1v) is 11.8. The summed E-state index contributed by atoms with van der Waals surface area (Å²) in [6.07, 6.45) is 0. The van der Waals surface area contributed by atoms with Crippen LogP contribution in [0.4, 0.5) is 0 Å². The molecule has 0 unspecified atom stereocenters. The Balaban J connectivity index is 0.00000385. The maximum atomic E-state index is 5.48. The number of aliphatic imine (C=N–C) groups is 1. The van der Waals surface area contributed by atoms with Crippen molar-refractivity contribution in [3.8, 4) is 0 Å². The molecule has 2 aromatic carbocycles. The minimum absolute atomic E-state index is 0. The van der Waals surface area contributed by atoms with Crippen LogP contribution in [0.1, 0.15) is 36.1 Å². The van der Waals surface area contributed by atoms with E-state index in [9.17, 15) is 0 Å². The predicted molar refractivity (Wildman–Crippen MR) is 148 cm³/mol. The van der Waals surface area contributed by atoms with E-state index < -0.39 is 0 Å². The van der Waals surface area contributed by atoms with Crippen molar-refractivity contribution in [1.29, 1.82) is 0 Å². The molecule has 1 aliphatic heterocycles. The molecule has 0 atom stereocenters. The molecule has 2 aromatic rings. The molecule has 2 N–H and O–H groups in total. The van der Waals surface area contributed by atoms with Gasteiger partial charge in [-0.15, -0.1) is 24.0 Å². The van der Waals surface area contributed by atoms with E-state index in [4.69, 9.17) is 4.74 Å². The van der Waals surface area contributed by atoms with E-state index in [1.54, 1.807) is 0 Å². The lowest BCUT2D eigenvalue weighted by molar-refractivity contribution is 0.0341. The fourth-order valence-electron chi connectivity index (χ4n) is 4.01. The summed E-state index contributed by atoms with van der Waals surface area (Å²) in [5.74, 6) is 0.820. The van der Waals surface area contributed by atoms with Gasteiger partial charge in [0.25, 0.3) is 0 Å². The first-order valence-electron chi connectivity index (χ1n) is 11.8. The van der Waals surface area contributed by atoms with Gasteiger partial charge in [-0.3, -0.25) is 14.8 Å². The van der Waals surface area contributed by atoms with Crippen LogP contribution >= 0.6 is 24.0 Å². The summed E-state index contributed by atoms with van der Waals surface area (Å²) >= 11 is 0. The second-order valence-electron chi connectivity index (χ2n) is 8.22. The molecule has 0 saturated carbocycles. The van der Waals surface area contributed by atoms with Gasteiger partial charge in [0.05, 0.1) is 13.2 Å². The standard InChI is InChI=1S/C26H39N5O.HI/c1-4-30(5-2)20-23-10-8-9-22(17-23)18-28-26(27-3)29-19-24-11-6-7-12-25(24)21-31-13-15-32-16-14-31;/h6-12,17H,4-5,13-16,18-21H2,1-3H3,(H2,27,28,29);1H. The van der Waals surface area contributed by atoms with Gasteiger partial charge < -0.3 is 15.4 Å². The van der Waals surface area contributed by atoms with Crippen LogP contribution in [-0.2, 0) is 30.9 Å². The highest BCUT2D eigenvalue weighted by Gasteiger charge is 2.13. The molecular formula is C26H40IN5O. The molecule has 0 bridgehead atoms. The summed E-state index contributed by atoms with van der Waals surface area (Å²) in [7, 11) is 1.83. The van der Waals surface area contributed by atoms with Gasteiger partial charge in [0.1, 0.15) is 0 Å². The normalized spacial score (nSPS) is 14.7. The number of morpholine rings is 1. The van der Waals surface area contributed by atoms with E-state index in [-0.39, 0.29) is 24.0 Å². The molecule has 0 aliphatic carbocycles. The number of hydrogen-bond donors (Lipinski definition) is 2. The van der Waals surface area contributed by atoms with E-state index in [1.807, 2.05) is 7.05 Å². The smallest absolute Gasteiger partial charge is 0.191 e. The molecule has 1 aliphatic rings. The molecule has 6 nitrogen and oxygen atoms in total. The molecule has 1 saturated heterocycles. The van der Waals surface area contributed by atoms with Gasteiger partial charge in [-0.2, -0.15) is 0 Å². The molecule has 1 heterocycles. The van der Waals surface area contributed by atoms with Gasteiger partial charge in [0.15, 0.2) is 5.96 Å². The molecule has 0 amide bonds. The van der Waals surface area contributed by atoms with Crippen LogP contribution in [0.5, 0.6) is 0 Å². The highest BCUT2D eigenvalue weighted by Crippen LogP contribution is 2.13. The van der Waals surface area contributed by atoms with Crippen LogP contribution < -0.4 is 10.6 Å². The van der Waals surface area contributed by atoms with E-state index >= 15 is 0 Å². The third-order valence-electron chi connectivity index (χ3n) is 6.04. The lowest BCUT2D eigenvalue weighted by atomic mass is 10.1. The fourth-order valence-corrected chi connectivity index (χ4v) is 4.01. The Kier molecular flexibility index (Phi) is 12.8. The summed E-state index contributed by atoms with van der Waals surface area (Å²) in [4.78, 5) is 9.31. The third kappa shape index (κ3) is 9.23. The highest BCUT2D eigenvalue weighted by molar-refractivity contribution is 14.0. The van der Waals surface area contributed by atoms with Gasteiger partial charge in [-0.25, -0.2) is 0 Å². The maximum Gasteiger partial charge on any atom is 0.191 e. The van der Waals surface area contributed by atoms with E-state index in [0.29, 0.717) is 0 Å². The Morgan fingerprint density at radius 2 is 1.61 bits per heavy atom. The first kappa shape index (κ1) is 27.6. The average Bonchev–Trinajstić information content (AvgIpc) is 2.84. The van der Waals surface area contributed by atoms with Crippen LogP contribution in [-0.4, -0.2) is 62.2 Å². The zero-order chi connectivity index (χ0) is 22.6. The van der Waals surface area contributed by atoms with Crippen molar-refractivity contribution in [1.82, 2.24) is 20.4 Å². The van der Waals surface area contributed by atoms with E-state index in [0.717, 1.165) is 71.5 Å². The number of halogens is 1. The summed E-state index contributed by atoms with van der Waals surface area (Å²) in [5, 5.41) is 6.95. The monoisotopic (exact) mass is 565 g/mol. The Labute approximate surface area is 216 Å². The van der Waals surface area contributed by atoms with Crippen LogP contribution in [0.15, 0.2) is 53.5 Å². The molecule has 3 rings (SSSR count). The number of rotatable bonds is 10. The molecule has 33 heavy (non-hydrogen) atoms. The quantitative estimate of drug-likeness (QED) is 0.261. The number of benzene rings is 2. The van der Waals surface area contributed by atoms with Gasteiger partial charge in [0, 0.05) is 46.3 Å². The van der Waals surface area contributed by atoms with Crippen molar-refractivity contribution in [2.24, 2.45) is 4.99 Å². The number of guanidine groups is 1. The number of ether oxygens (including phenoxy) is 1. The summed E-state index contributed by atoms with van der Waals surface area (Å²) in [5.41, 5.74) is 5.29. The zero-order valence-corrected chi connectivity index (χ0v) is 22.7. The number of nitrogens with zero attached hydrogens (tertiary/aromatic N) is 3. The minimum atomic E-state index is 0. The summed E-state index contributed by atoms with van der Waals surface area (Å²) in [6, 6.07) is 17.5. The van der Waals surface area contributed by atoms with Gasteiger partial charge in [-0.1, -0.05) is 62.4 Å².